The minimum atomic E-state index is -0.510. The Hall–Kier alpha value is -1.16. The van der Waals surface area contributed by atoms with Crippen LogP contribution in [0.3, 0.4) is 0 Å². The number of hydrogen-bond donors (Lipinski definition) is 1. The van der Waals surface area contributed by atoms with Crippen molar-refractivity contribution in [2.24, 2.45) is 0 Å². The summed E-state index contributed by atoms with van der Waals surface area (Å²) in [4.78, 5) is 0. The van der Waals surface area contributed by atoms with Gasteiger partial charge in [0.2, 0.25) is 0 Å². The zero-order valence-electron chi connectivity index (χ0n) is 11.8. The van der Waals surface area contributed by atoms with Crippen LogP contribution in [0.1, 0.15) is 38.2 Å². The Bertz CT molecular complexity index is 359. The molecular formula is C15H23F2NO. The summed E-state index contributed by atoms with van der Waals surface area (Å²) < 4.78 is 32.1. The van der Waals surface area contributed by atoms with E-state index in [0.717, 1.165) is 38.8 Å². The van der Waals surface area contributed by atoms with E-state index in [9.17, 15) is 8.78 Å². The van der Waals surface area contributed by atoms with Gasteiger partial charge in [0, 0.05) is 17.7 Å². The monoisotopic (exact) mass is 271 g/mol. The average molecular weight is 271 g/mol. The molecule has 1 aromatic rings. The molecule has 0 amide bonds. The fourth-order valence-electron chi connectivity index (χ4n) is 2.02. The van der Waals surface area contributed by atoms with Gasteiger partial charge in [-0.1, -0.05) is 19.8 Å². The van der Waals surface area contributed by atoms with Gasteiger partial charge in [-0.3, -0.25) is 0 Å². The molecule has 0 aliphatic heterocycles. The number of hydrogen-bond acceptors (Lipinski definition) is 2. The van der Waals surface area contributed by atoms with E-state index in [1.165, 1.54) is 19.2 Å². The number of methoxy groups -OCH3 is 1. The molecule has 0 saturated carbocycles. The van der Waals surface area contributed by atoms with Gasteiger partial charge in [0.1, 0.15) is 17.4 Å². The molecule has 0 spiro atoms. The van der Waals surface area contributed by atoms with Crippen molar-refractivity contribution in [3.63, 3.8) is 0 Å². The largest absolute Gasteiger partial charge is 0.497 e. The lowest BCUT2D eigenvalue weighted by atomic mass is 10.0. The highest BCUT2D eigenvalue weighted by Crippen LogP contribution is 2.22. The topological polar surface area (TPSA) is 21.3 Å². The lowest BCUT2D eigenvalue weighted by Crippen LogP contribution is -2.13. The van der Waals surface area contributed by atoms with Crippen molar-refractivity contribution in [1.29, 1.82) is 0 Å². The van der Waals surface area contributed by atoms with Crippen LogP contribution < -0.4 is 10.1 Å². The molecule has 0 radical (unpaired) electrons. The third kappa shape index (κ3) is 5.55. The van der Waals surface area contributed by atoms with Crippen LogP contribution >= 0.6 is 0 Å². The maximum atomic E-state index is 13.6. The summed E-state index contributed by atoms with van der Waals surface area (Å²) in [6.07, 6.45) is 4.46. The summed E-state index contributed by atoms with van der Waals surface area (Å²) in [6.45, 7) is 4.08. The Morgan fingerprint density at radius 2 is 1.68 bits per heavy atom. The van der Waals surface area contributed by atoms with Gasteiger partial charge in [0.25, 0.3) is 0 Å². The van der Waals surface area contributed by atoms with Crippen molar-refractivity contribution in [3.8, 4) is 5.75 Å². The number of ether oxygens (including phenoxy) is 1. The van der Waals surface area contributed by atoms with E-state index in [0.29, 0.717) is 6.42 Å². The molecule has 0 aromatic heterocycles. The molecule has 1 N–H and O–H groups in total. The molecule has 1 rings (SSSR count). The van der Waals surface area contributed by atoms with Crippen molar-refractivity contribution in [2.75, 3.05) is 20.2 Å². The van der Waals surface area contributed by atoms with Crippen molar-refractivity contribution in [3.05, 3.63) is 29.3 Å². The Labute approximate surface area is 114 Å². The lowest BCUT2D eigenvalue weighted by Gasteiger charge is -2.07. The van der Waals surface area contributed by atoms with E-state index in [1.54, 1.807) is 0 Å². The fraction of sp³-hybridized carbons (Fsp3) is 0.600. The third-order valence-corrected chi connectivity index (χ3v) is 3.13. The molecule has 0 saturated heterocycles. The van der Waals surface area contributed by atoms with E-state index in [2.05, 4.69) is 12.2 Å². The second-order valence-corrected chi connectivity index (χ2v) is 4.59. The zero-order chi connectivity index (χ0) is 14.1. The second-order valence-electron chi connectivity index (χ2n) is 4.59. The van der Waals surface area contributed by atoms with Crippen molar-refractivity contribution >= 4 is 0 Å². The average Bonchev–Trinajstić information content (AvgIpc) is 2.40. The Kier molecular flexibility index (Phi) is 7.41. The van der Waals surface area contributed by atoms with Crippen molar-refractivity contribution in [2.45, 2.75) is 39.0 Å². The molecule has 19 heavy (non-hydrogen) atoms. The number of unbranched alkanes of at least 4 members (excludes halogenated alkanes) is 3. The molecule has 4 heteroatoms. The first kappa shape index (κ1) is 15.9. The minimum Gasteiger partial charge on any atom is -0.497 e. The first-order valence-electron chi connectivity index (χ1n) is 6.91. The van der Waals surface area contributed by atoms with E-state index >= 15 is 0 Å². The lowest BCUT2D eigenvalue weighted by molar-refractivity contribution is 0.405. The van der Waals surface area contributed by atoms with Gasteiger partial charge < -0.3 is 10.1 Å². The highest BCUT2D eigenvalue weighted by atomic mass is 19.1. The number of nitrogens with one attached hydrogen (secondary N) is 1. The van der Waals surface area contributed by atoms with Gasteiger partial charge in [-0.05, 0) is 32.4 Å². The van der Waals surface area contributed by atoms with Gasteiger partial charge in [-0.25, -0.2) is 8.78 Å². The van der Waals surface area contributed by atoms with Gasteiger partial charge in [-0.2, -0.15) is 0 Å². The molecular weight excluding hydrogens is 248 g/mol. The molecule has 0 fully saturated rings. The summed E-state index contributed by atoms with van der Waals surface area (Å²) in [5.41, 5.74) is 0.174. The summed E-state index contributed by atoms with van der Waals surface area (Å²) in [7, 11) is 1.40. The first-order valence-corrected chi connectivity index (χ1v) is 6.91. The molecule has 0 unspecified atom stereocenters. The predicted octanol–water partition coefficient (Wildman–Crippen LogP) is 3.69. The van der Waals surface area contributed by atoms with Crippen LogP contribution in [0.25, 0.3) is 0 Å². The van der Waals surface area contributed by atoms with Gasteiger partial charge >= 0.3 is 0 Å². The van der Waals surface area contributed by atoms with Crippen LogP contribution in [0.4, 0.5) is 8.78 Å². The summed E-state index contributed by atoms with van der Waals surface area (Å²) in [5, 5.41) is 3.25. The van der Waals surface area contributed by atoms with E-state index in [4.69, 9.17) is 4.74 Å². The molecule has 1 aromatic carbocycles. The number of rotatable bonds is 9. The Morgan fingerprint density at radius 1 is 1.05 bits per heavy atom. The first-order chi connectivity index (χ1) is 9.19. The molecule has 108 valence electrons. The van der Waals surface area contributed by atoms with Gasteiger partial charge in [0.05, 0.1) is 7.11 Å². The molecule has 0 aliphatic carbocycles. The maximum absolute atomic E-state index is 13.6. The Balaban J connectivity index is 2.33. The van der Waals surface area contributed by atoms with Crippen LogP contribution in [-0.2, 0) is 6.42 Å². The van der Waals surface area contributed by atoms with E-state index < -0.39 is 11.6 Å². The van der Waals surface area contributed by atoms with Crippen molar-refractivity contribution < 1.29 is 13.5 Å². The van der Waals surface area contributed by atoms with E-state index in [-0.39, 0.29) is 11.3 Å². The second kappa shape index (κ2) is 8.86. The predicted molar refractivity (Wildman–Crippen MR) is 73.6 cm³/mol. The Morgan fingerprint density at radius 3 is 2.26 bits per heavy atom. The molecule has 0 bridgehead atoms. The smallest absolute Gasteiger partial charge is 0.133 e. The molecule has 0 aliphatic rings. The maximum Gasteiger partial charge on any atom is 0.133 e. The number of benzene rings is 1. The third-order valence-electron chi connectivity index (χ3n) is 3.13. The standard InChI is InChI=1S/C15H23F2NO/c1-3-18-9-7-5-4-6-8-13-14(16)10-12(19-2)11-15(13)17/h10-11,18H,3-9H2,1-2H3. The quantitative estimate of drug-likeness (QED) is 0.692. The normalized spacial score (nSPS) is 10.7. The summed E-state index contributed by atoms with van der Waals surface area (Å²) >= 11 is 0. The highest BCUT2D eigenvalue weighted by molar-refractivity contribution is 5.30. The van der Waals surface area contributed by atoms with Crippen LogP contribution in [0.2, 0.25) is 0 Å². The van der Waals surface area contributed by atoms with E-state index in [1.807, 2.05) is 0 Å². The summed E-state index contributed by atoms with van der Waals surface area (Å²) in [5.74, 6) is -0.793. The SMILES string of the molecule is CCNCCCCCCc1c(F)cc(OC)cc1F. The number of halogens is 2. The zero-order valence-corrected chi connectivity index (χ0v) is 11.8. The molecule has 2 nitrogen and oxygen atoms in total. The fourth-order valence-corrected chi connectivity index (χ4v) is 2.02. The summed E-state index contributed by atoms with van der Waals surface area (Å²) in [6, 6.07) is 2.48. The van der Waals surface area contributed by atoms with Crippen molar-refractivity contribution in [1.82, 2.24) is 5.32 Å². The van der Waals surface area contributed by atoms with Gasteiger partial charge in [0.15, 0.2) is 0 Å². The highest BCUT2D eigenvalue weighted by Gasteiger charge is 2.11. The molecule has 0 heterocycles. The van der Waals surface area contributed by atoms with Crippen LogP contribution in [0, 0.1) is 11.6 Å². The van der Waals surface area contributed by atoms with Crippen LogP contribution in [-0.4, -0.2) is 20.2 Å². The van der Waals surface area contributed by atoms with Gasteiger partial charge in [-0.15, -0.1) is 0 Å². The van der Waals surface area contributed by atoms with Crippen LogP contribution in [0.15, 0.2) is 12.1 Å². The molecule has 0 atom stereocenters. The van der Waals surface area contributed by atoms with Crippen LogP contribution in [0.5, 0.6) is 5.75 Å². The minimum absolute atomic E-state index is 0.174.